The van der Waals surface area contributed by atoms with Crippen molar-refractivity contribution in [1.82, 2.24) is 14.7 Å². The largest absolute Gasteiger partial charge is 0.361 e. The molecule has 0 saturated carbocycles. The monoisotopic (exact) mass is 406 g/mol. The van der Waals surface area contributed by atoms with Crippen molar-refractivity contribution in [3.63, 3.8) is 0 Å². The molecule has 2 N–H and O–H groups in total. The Bertz CT molecular complexity index is 978. The minimum Gasteiger partial charge on any atom is -0.361 e. The fraction of sp³-hybridized carbons (Fsp3) is 0.211. The number of fused-ring (bicyclic) bond motifs is 1. The molecule has 1 unspecified atom stereocenters. The summed E-state index contributed by atoms with van der Waals surface area (Å²) in [4.78, 5) is 1.85. The number of benzene rings is 2. The molecule has 0 radical (unpaired) electrons. The van der Waals surface area contributed by atoms with Gasteiger partial charge >= 0.3 is 0 Å². The summed E-state index contributed by atoms with van der Waals surface area (Å²) in [6, 6.07) is 11.6. The lowest BCUT2D eigenvalue weighted by Crippen LogP contribution is -2.45. The van der Waals surface area contributed by atoms with Gasteiger partial charge in [0.2, 0.25) is 0 Å². The van der Waals surface area contributed by atoms with Gasteiger partial charge in [-0.1, -0.05) is 29.3 Å². The first kappa shape index (κ1) is 18.3. The van der Waals surface area contributed by atoms with Gasteiger partial charge in [-0.3, -0.25) is 9.58 Å². The maximum atomic E-state index is 14.3. The topological polar surface area (TPSA) is 53.3 Å². The maximum absolute atomic E-state index is 14.3. The lowest BCUT2D eigenvalue weighted by Gasteiger charge is -2.33. The van der Waals surface area contributed by atoms with Crippen molar-refractivity contribution >= 4 is 28.9 Å². The van der Waals surface area contributed by atoms with Crippen LogP contribution in [0.15, 0.2) is 48.7 Å². The number of aliphatic hydroxyl groups excluding tert-OH is 1. The quantitative estimate of drug-likeness (QED) is 0.637. The van der Waals surface area contributed by atoms with Gasteiger partial charge in [-0.2, -0.15) is 5.10 Å². The lowest BCUT2D eigenvalue weighted by molar-refractivity contribution is 0.00647. The summed E-state index contributed by atoms with van der Waals surface area (Å²) in [6.45, 7) is 1.60. The van der Waals surface area contributed by atoms with Crippen molar-refractivity contribution in [3.05, 3.63) is 70.2 Å². The second-order valence-electron chi connectivity index (χ2n) is 6.35. The molecule has 0 spiro atoms. The molecule has 0 bridgehead atoms. The predicted molar refractivity (Wildman–Crippen MR) is 104 cm³/mol. The molecule has 3 aromatic rings. The van der Waals surface area contributed by atoms with E-state index in [0.29, 0.717) is 40.8 Å². The van der Waals surface area contributed by atoms with Crippen LogP contribution in [0.3, 0.4) is 0 Å². The zero-order valence-corrected chi connectivity index (χ0v) is 15.8. The number of hydrogen-bond acceptors (Lipinski definition) is 4. The molecule has 27 heavy (non-hydrogen) atoms. The van der Waals surface area contributed by atoms with Gasteiger partial charge in [0.15, 0.2) is 6.35 Å². The number of nitrogens with one attached hydrogen (secondary N) is 1. The first-order valence-corrected chi connectivity index (χ1v) is 9.21. The Hall–Kier alpha value is -2.12. The number of aliphatic hydroxyl groups is 1. The highest BCUT2D eigenvalue weighted by atomic mass is 35.5. The van der Waals surface area contributed by atoms with Crippen molar-refractivity contribution in [2.24, 2.45) is 0 Å². The van der Waals surface area contributed by atoms with Crippen LogP contribution in [0.2, 0.25) is 10.0 Å². The molecule has 1 aromatic heterocycles. The molecule has 4 rings (SSSR count). The van der Waals surface area contributed by atoms with Crippen molar-refractivity contribution in [2.75, 3.05) is 11.9 Å². The van der Waals surface area contributed by atoms with Crippen LogP contribution in [-0.2, 0) is 13.1 Å². The number of anilines is 1. The molecule has 0 fully saturated rings. The molecule has 8 heteroatoms. The van der Waals surface area contributed by atoms with Crippen LogP contribution in [0, 0.1) is 5.82 Å². The summed E-state index contributed by atoms with van der Waals surface area (Å²) < 4.78 is 16.1. The fourth-order valence-corrected chi connectivity index (χ4v) is 3.58. The summed E-state index contributed by atoms with van der Waals surface area (Å²) in [6.07, 6.45) is 0.730. The first-order valence-electron chi connectivity index (χ1n) is 8.45. The smallest absolute Gasteiger partial charge is 0.184 e. The van der Waals surface area contributed by atoms with E-state index in [4.69, 9.17) is 23.2 Å². The van der Waals surface area contributed by atoms with Crippen LogP contribution < -0.4 is 5.32 Å². The average Bonchev–Trinajstić information content (AvgIpc) is 3.06. The highest BCUT2D eigenvalue weighted by Gasteiger charge is 2.26. The summed E-state index contributed by atoms with van der Waals surface area (Å²) in [5, 5.41) is 19.0. The third-order valence-corrected chi connectivity index (χ3v) is 5.06. The van der Waals surface area contributed by atoms with Crippen LogP contribution >= 0.6 is 23.2 Å². The van der Waals surface area contributed by atoms with E-state index >= 15 is 0 Å². The fourth-order valence-electron chi connectivity index (χ4n) is 3.22. The zero-order chi connectivity index (χ0) is 19.0. The molecule has 1 aliphatic heterocycles. The Kier molecular flexibility index (Phi) is 5.06. The van der Waals surface area contributed by atoms with E-state index in [1.54, 1.807) is 24.4 Å². The van der Waals surface area contributed by atoms with E-state index in [2.05, 4.69) is 10.4 Å². The summed E-state index contributed by atoms with van der Waals surface area (Å²) >= 11 is 12.0. The first-order chi connectivity index (χ1) is 13.0. The third kappa shape index (κ3) is 3.80. The third-order valence-electron chi connectivity index (χ3n) is 4.59. The van der Waals surface area contributed by atoms with Crippen LogP contribution in [0.25, 0.3) is 11.1 Å². The highest BCUT2D eigenvalue weighted by molar-refractivity contribution is 6.31. The summed E-state index contributed by atoms with van der Waals surface area (Å²) in [5.41, 5.74) is 2.63. The lowest BCUT2D eigenvalue weighted by atomic mass is 10.0. The minimum atomic E-state index is -0.913. The van der Waals surface area contributed by atoms with E-state index in [-0.39, 0.29) is 5.82 Å². The molecular weight excluding hydrogens is 390 g/mol. The van der Waals surface area contributed by atoms with Crippen molar-refractivity contribution in [3.8, 4) is 11.1 Å². The normalized spacial score (nSPS) is 15.4. The molecule has 0 aliphatic carbocycles. The number of halogens is 3. The SMILES string of the molecule is OC(Nc1cccc(Cl)c1)N1CCn2ncc(-c3cc(Cl)ccc3F)c2C1. The highest BCUT2D eigenvalue weighted by Crippen LogP contribution is 2.31. The molecule has 1 atom stereocenters. The average molecular weight is 407 g/mol. The number of nitrogens with zero attached hydrogens (tertiary/aromatic N) is 3. The van der Waals surface area contributed by atoms with Gasteiger partial charge in [0.1, 0.15) is 5.82 Å². The van der Waals surface area contributed by atoms with Crippen molar-refractivity contribution < 1.29 is 9.50 Å². The number of rotatable bonds is 4. The molecule has 0 amide bonds. The Morgan fingerprint density at radius 2 is 1.89 bits per heavy atom. The molecule has 140 valence electrons. The number of hydrogen-bond donors (Lipinski definition) is 2. The van der Waals surface area contributed by atoms with Gasteiger partial charge in [-0.15, -0.1) is 0 Å². The van der Waals surface area contributed by atoms with Gasteiger partial charge in [0.25, 0.3) is 0 Å². The van der Waals surface area contributed by atoms with Crippen LogP contribution in [0.1, 0.15) is 5.69 Å². The van der Waals surface area contributed by atoms with Gasteiger partial charge in [-0.25, -0.2) is 4.39 Å². The van der Waals surface area contributed by atoms with Gasteiger partial charge in [0, 0.05) is 39.9 Å². The van der Waals surface area contributed by atoms with E-state index in [1.165, 1.54) is 12.1 Å². The van der Waals surface area contributed by atoms with Crippen LogP contribution in [-0.4, -0.2) is 32.7 Å². The van der Waals surface area contributed by atoms with E-state index in [9.17, 15) is 9.50 Å². The second-order valence-corrected chi connectivity index (χ2v) is 7.22. The van der Waals surface area contributed by atoms with E-state index < -0.39 is 6.35 Å². The molecule has 1 aliphatic rings. The molecule has 2 aromatic carbocycles. The van der Waals surface area contributed by atoms with Gasteiger partial charge < -0.3 is 10.4 Å². The second kappa shape index (κ2) is 7.48. The van der Waals surface area contributed by atoms with Gasteiger partial charge in [0.05, 0.1) is 18.4 Å². The minimum absolute atomic E-state index is 0.357. The Labute approximate surface area is 165 Å². The standard InChI is InChI=1S/C19H17Cl2FN4O/c20-12-2-1-3-14(8-12)24-19(27)25-6-7-26-18(11-25)16(10-23-26)15-9-13(21)4-5-17(15)22/h1-5,8-10,19,24,27H,6-7,11H2. The van der Waals surface area contributed by atoms with Crippen molar-refractivity contribution in [2.45, 2.75) is 19.4 Å². The summed E-state index contributed by atoms with van der Waals surface area (Å²) in [7, 11) is 0. The Balaban J connectivity index is 1.57. The van der Waals surface area contributed by atoms with Crippen LogP contribution in [0.5, 0.6) is 0 Å². The van der Waals surface area contributed by atoms with Crippen molar-refractivity contribution in [1.29, 1.82) is 0 Å². The maximum Gasteiger partial charge on any atom is 0.184 e. The number of aromatic nitrogens is 2. The molecular formula is C19H17Cl2FN4O. The molecule has 0 saturated heterocycles. The summed E-state index contributed by atoms with van der Waals surface area (Å²) in [5.74, 6) is -0.357. The Morgan fingerprint density at radius 3 is 2.70 bits per heavy atom. The predicted octanol–water partition coefficient (Wildman–Crippen LogP) is 4.20. The van der Waals surface area contributed by atoms with E-state index in [1.807, 2.05) is 21.7 Å². The molecule has 5 nitrogen and oxygen atoms in total. The van der Waals surface area contributed by atoms with Crippen LogP contribution in [0.4, 0.5) is 10.1 Å². The zero-order valence-electron chi connectivity index (χ0n) is 14.2. The van der Waals surface area contributed by atoms with Gasteiger partial charge in [-0.05, 0) is 36.4 Å². The molecule has 2 heterocycles. The Morgan fingerprint density at radius 1 is 1.07 bits per heavy atom. The van der Waals surface area contributed by atoms with E-state index in [0.717, 1.165) is 11.4 Å².